The number of aromatic amines is 1. The molecule has 0 aliphatic carbocycles. The van der Waals surface area contributed by atoms with Crippen molar-refractivity contribution in [2.45, 2.75) is 25.8 Å². The minimum absolute atomic E-state index is 0.192. The lowest BCUT2D eigenvalue weighted by atomic mass is 10.0. The van der Waals surface area contributed by atoms with Crippen LogP contribution in [0.1, 0.15) is 18.2 Å². The van der Waals surface area contributed by atoms with Gasteiger partial charge in [0.1, 0.15) is 0 Å². The molecule has 8 heteroatoms. The Morgan fingerprint density at radius 2 is 1.70 bits per heavy atom. The summed E-state index contributed by atoms with van der Waals surface area (Å²) in [6, 6.07) is 15.4. The minimum Gasteiger partial charge on any atom is -0.455 e. The zero-order valence-electron chi connectivity index (χ0n) is 16.4. The van der Waals surface area contributed by atoms with Gasteiger partial charge in [0, 0.05) is 5.39 Å². The monoisotopic (exact) mass is 407 g/mol. The summed E-state index contributed by atoms with van der Waals surface area (Å²) < 4.78 is 5.02. The van der Waals surface area contributed by atoms with E-state index in [0.717, 1.165) is 5.56 Å². The normalized spacial score (nSPS) is 11.6. The number of hydrogen-bond donors (Lipinski definition) is 2. The summed E-state index contributed by atoms with van der Waals surface area (Å²) in [5.74, 6) is -1.43. The number of amides is 1. The van der Waals surface area contributed by atoms with Crippen LogP contribution in [0.3, 0.4) is 0 Å². The third-order valence-corrected chi connectivity index (χ3v) is 4.56. The fourth-order valence-corrected chi connectivity index (χ4v) is 3.02. The third-order valence-electron chi connectivity index (χ3n) is 4.56. The molecule has 0 saturated carbocycles. The van der Waals surface area contributed by atoms with Gasteiger partial charge in [-0.05, 0) is 25.0 Å². The Morgan fingerprint density at radius 3 is 2.40 bits per heavy atom. The van der Waals surface area contributed by atoms with E-state index in [1.54, 1.807) is 24.3 Å². The summed E-state index contributed by atoms with van der Waals surface area (Å²) >= 11 is 0. The average molecular weight is 407 g/mol. The molecule has 3 rings (SSSR count). The third kappa shape index (κ3) is 5.38. The summed E-state index contributed by atoms with van der Waals surface area (Å²) in [7, 11) is 0. The maximum atomic E-state index is 12.2. The lowest BCUT2D eigenvalue weighted by Crippen LogP contribution is -2.43. The molecular formula is C22H21N3O5. The maximum absolute atomic E-state index is 12.2. The molecule has 3 aromatic rings. The Kier molecular flexibility index (Phi) is 6.69. The summed E-state index contributed by atoms with van der Waals surface area (Å²) in [5.41, 5.74) is 0.906. The van der Waals surface area contributed by atoms with Gasteiger partial charge in [0.2, 0.25) is 0 Å². The van der Waals surface area contributed by atoms with Gasteiger partial charge in [-0.1, -0.05) is 48.5 Å². The first-order valence-electron chi connectivity index (χ1n) is 9.39. The standard InChI is InChI=1S/C22H21N3O5/c1-14(26)18(11-15-7-3-2-4-8-15)23-20(27)13-30-21(28)12-19-16-9-5-6-10-17(16)22(29)25-24-19/h2-10,18H,11-13H2,1H3,(H,23,27)(H,25,29). The molecule has 1 heterocycles. The molecule has 154 valence electrons. The van der Waals surface area contributed by atoms with Crippen LogP contribution in [-0.2, 0) is 32.0 Å². The molecule has 8 nitrogen and oxygen atoms in total. The number of ether oxygens (including phenoxy) is 1. The maximum Gasteiger partial charge on any atom is 0.312 e. The Morgan fingerprint density at radius 1 is 1.03 bits per heavy atom. The van der Waals surface area contributed by atoms with Crippen LogP contribution in [0.25, 0.3) is 10.8 Å². The number of Topliss-reactive ketones (excluding diaryl/α,β-unsaturated/α-hetero) is 1. The first-order valence-corrected chi connectivity index (χ1v) is 9.39. The average Bonchev–Trinajstić information content (AvgIpc) is 2.75. The number of hydrogen-bond acceptors (Lipinski definition) is 6. The number of nitrogens with one attached hydrogen (secondary N) is 2. The quantitative estimate of drug-likeness (QED) is 0.544. The summed E-state index contributed by atoms with van der Waals surface area (Å²) in [4.78, 5) is 48.0. The van der Waals surface area contributed by atoms with Crippen LogP contribution in [0.2, 0.25) is 0 Å². The van der Waals surface area contributed by atoms with Crippen molar-refractivity contribution in [1.82, 2.24) is 15.5 Å². The highest BCUT2D eigenvalue weighted by Crippen LogP contribution is 2.13. The highest BCUT2D eigenvalue weighted by atomic mass is 16.5. The van der Waals surface area contributed by atoms with E-state index < -0.39 is 24.5 Å². The molecule has 0 aliphatic heterocycles. The van der Waals surface area contributed by atoms with Crippen LogP contribution in [0, 0.1) is 0 Å². The highest BCUT2D eigenvalue weighted by molar-refractivity contribution is 5.90. The van der Waals surface area contributed by atoms with Gasteiger partial charge >= 0.3 is 5.97 Å². The number of nitrogens with zero attached hydrogens (tertiary/aromatic N) is 1. The van der Waals surface area contributed by atoms with Crippen LogP contribution in [0.4, 0.5) is 0 Å². The molecule has 2 aromatic carbocycles. The van der Waals surface area contributed by atoms with E-state index in [9.17, 15) is 19.2 Å². The van der Waals surface area contributed by atoms with Gasteiger partial charge in [0.05, 0.1) is 23.5 Å². The lowest BCUT2D eigenvalue weighted by Gasteiger charge is -2.16. The van der Waals surface area contributed by atoms with Gasteiger partial charge in [-0.3, -0.25) is 19.2 Å². The number of esters is 1. The number of rotatable bonds is 8. The molecule has 1 aromatic heterocycles. The van der Waals surface area contributed by atoms with Gasteiger partial charge in [-0.2, -0.15) is 5.10 Å². The lowest BCUT2D eigenvalue weighted by molar-refractivity contribution is -0.148. The smallest absolute Gasteiger partial charge is 0.312 e. The van der Waals surface area contributed by atoms with Gasteiger partial charge in [0.25, 0.3) is 11.5 Å². The van der Waals surface area contributed by atoms with Crippen molar-refractivity contribution >= 4 is 28.4 Å². The number of carbonyl (C=O) groups is 3. The van der Waals surface area contributed by atoms with Crippen molar-refractivity contribution in [2.75, 3.05) is 6.61 Å². The number of ketones is 1. The topological polar surface area (TPSA) is 118 Å². The van der Waals surface area contributed by atoms with Crippen LogP contribution in [0.5, 0.6) is 0 Å². The first-order chi connectivity index (χ1) is 14.4. The molecule has 0 saturated heterocycles. The van der Waals surface area contributed by atoms with Crippen molar-refractivity contribution in [3.63, 3.8) is 0 Å². The largest absolute Gasteiger partial charge is 0.455 e. The summed E-state index contributed by atoms with van der Waals surface area (Å²) in [5, 5.41) is 9.80. The molecule has 1 amide bonds. The highest BCUT2D eigenvalue weighted by Gasteiger charge is 2.19. The summed E-state index contributed by atoms with van der Waals surface area (Å²) in [6.45, 7) is 0.880. The van der Waals surface area contributed by atoms with Crippen molar-refractivity contribution in [1.29, 1.82) is 0 Å². The Bertz CT molecular complexity index is 1120. The van der Waals surface area contributed by atoms with Gasteiger partial charge in [-0.25, -0.2) is 5.10 Å². The zero-order chi connectivity index (χ0) is 21.5. The molecule has 2 N–H and O–H groups in total. The predicted molar refractivity (Wildman–Crippen MR) is 110 cm³/mol. The molecule has 0 fully saturated rings. The molecule has 1 unspecified atom stereocenters. The van der Waals surface area contributed by atoms with E-state index in [0.29, 0.717) is 22.9 Å². The molecule has 1 atom stereocenters. The minimum atomic E-state index is -0.705. The van der Waals surface area contributed by atoms with E-state index in [2.05, 4.69) is 15.5 Å². The van der Waals surface area contributed by atoms with Crippen LogP contribution in [0.15, 0.2) is 59.4 Å². The molecule has 0 radical (unpaired) electrons. The molecule has 0 bridgehead atoms. The van der Waals surface area contributed by atoms with Gasteiger partial charge < -0.3 is 10.1 Å². The number of benzene rings is 2. The van der Waals surface area contributed by atoms with Crippen molar-refractivity contribution in [3.05, 3.63) is 76.2 Å². The number of H-pyrrole nitrogens is 1. The van der Waals surface area contributed by atoms with Crippen LogP contribution >= 0.6 is 0 Å². The van der Waals surface area contributed by atoms with E-state index >= 15 is 0 Å². The second kappa shape index (κ2) is 9.60. The van der Waals surface area contributed by atoms with Crippen molar-refractivity contribution in [3.8, 4) is 0 Å². The predicted octanol–water partition coefficient (Wildman–Crippen LogP) is 1.33. The summed E-state index contributed by atoms with van der Waals surface area (Å²) in [6.07, 6.45) is 0.147. The SMILES string of the molecule is CC(=O)C(Cc1ccccc1)NC(=O)COC(=O)Cc1n[nH]c(=O)c2ccccc12. The van der Waals surface area contributed by atoms with Crippen molar-refractivity contribution in [2.24, 2.45) is 0 Å². The number of fused-ring (bicyclic) bond motifs is 1. The van der Waals surface area contributed by atoms with Crippen LogP contribution < -0.4 is 10.9 Å². The molecule has 30 heavy (non-hydrogen) atoms. The molecule has 0 spiro atoms. The molecule has 0 aliphatic rings. The Hall–Kier alpha value is -3.81. The first kappa shape index (κ1) is 20.9. The van der Waals surface area contributed by atoms with Gasteiger partial charge in [0.15, 0.2) is 12.4 Å². The second-order valence-electron chi connectivity index (χ2n) is 6.80. The zero-order valence-corrected chi connectivity index (χ0v) is 16.4. The fraction of sp³-hybridized carbons (Fsp3) is 0.227. The van der Waals surface area contributed by atoms with E-state index in [-0.39, 0.29) is 17.8 Å². The fourth-order valence-electron chi connectivity index (χ4n) is 3.02. The number of carbonyl (C=O) groups excluding carboxylic acids is 3. The Labute approximate surface area is 172 Å². The van der Waals surface area contributed by atoms with E-state index in [1.165, 1.54) is 6.92 Å². The van der Waals surface area contributed by atoms with E-state index in [1.807, 2.05) is 30.3 Å². The molecular weight excluding hydrogens is 386 g/mol. The van der Waals surface area contributed by atoms with Crippen LogP contribution in [-0.4, -0.2) is 40.5 Å². The van der Waals surface area contributed by atoms with E-state index in [4.69, 9.17) is 4.74 Å². The van der Waals surface area contributed by atoms with Gasteiger partial charge in [-0.15, -0.1) is 0 Å². The van der Waals surface area contributed by atoms with Crippen molar-refractivity contribution < 1.29 is 19.1 Å². The number of aromatic nitrogens is 2. The Balaban J connectivity index is 1.56. The second-order valence-corrected chi connectivity index (χ2v) is 6.80.